The van der Waals surface area contributed by atoms with Crippen molar-refractivity contribution >= 4 is 43.9 Å². The largest absolute Gasteiger partial charge is 0.492 e. The average Bonchev–Trinajstić information content (AvgIpc) is 3.35. The first-order chi connectivity index (χ1) is 13.2. The molecule has 2 aromatic carbocycles. The summed E-state index contributed by atoms with van der Waals surface area (Å²) in [5.74, 6) is 0.0235. The van der Waals surface area contributed by atoms with Crippen LogP contribution in [-0.4, -0.2) is 19.9 Å². The van der Waals surface area contributed by atoms with Gasteiger partial charge in [-0.05, 0) is 46.2 Å². The van der Waals surface area contributed by atoms with Gasteiger partial charge in [-0.25, -0.2) is 0 Å². The van der Waals surface area contributed by atoms with E-state index in [0.29, 0.717) is 6.42 Å². The van der Waals surface area contributed by atoms with Crippen molar-refractivity contribution in [1.82, 2.24) is 14.8 Å². The van der Waals surface area contributed by atoms with Crippen molar-refractivity contribution in [2.75, 3.05) is 0 Å². The highest BCUT2D eigenvalue weighted by atomic mass is 35.5. The molecule has 3 aromatic heterocycles. The summed E-state index contributed by atoms with van der Waals surface area (Å²) in [4.78, 5) is 0. The number of thiophene rings is 1. The van der Waals surface area contributed by atoms with Gasteiger partial charge >= 0.3 is 0 Å². The van der Waals surface area contributed by atoms with Crippen molar-refractivity contribution < 1.29 is 5.11 Å². The zero-order valence-corrected chi connectivity index (χ0v) is 15.9. The Labute approximate surface area is 164 Å². The van der Waals surface area contributed by atoms with Gasteiger partial charge < -0.3 is 9.67 Å². The number of nitrogens with zero attached hydrogens (tertiary/aromatic N) is 2. The summed E-state index contributed by atoms with van der Waals surface area (Å²) in [7, 11) is 0. The predicted octanol–water partition coefficient (Wildman–Crippen LogP) is 5.58. The Morgan fingerprint density at radius 1 is 1.07 bits per heavy atom. The van der Waals surface area contributed by atoms with Gasteiger partial charge in [0.15, 0.2) is 0 Å². The van der Waals surface area contributed by atoms with Gasteiger partial charge in [-0.15, -0.1) is 16.4 Å². The van der Waals surface area contributed by atoms with Gasteiger partial charge in [0.25, 0.3) is 0 Å². The lowest BCUT2D eigenvalue weighted by Gasteiger charge is -2.05. The monoisotopic (exact) mass is 393 g/mol. The Kier molecular flexibility index (Phi) is 3.92. The number of hydrogen-bond acceptors (Lipinski definition) is 3. The van der Waals surface area contributed by atoms with Crippen LogP contribution < -0.4 is 0 Å². The van der Waals surface area contributed by atoms with E-state index in [2.05, 4.69) is 56.7 Å². The second kappa shape index (κ2) is 6.44. The van der Waals surface area contributed by atoms with Crippen LogP contribution in [0.25, 0.3) is 21.0 Å². The standard InChI is InChI=1S/C21H16ClN3OS/c22-15-5-6-20-18(8-15)14(12-27-20)11-25-10-13(7-16-9-21(26)24-23-16)17-3-1-2-4-19(17)25/h1-6,8-10,12H,7,11H2,(H2,23,24,26). The molecular formula is C21H16ClN3OS. The fourth-order valence-corrected chi connectivity index (χ4v) is 4.71. The SMILES string of the molecule is Oc1cc(Cc2cn(Cc3csc4ccc(Cl)cc34)c3ccccc23)[nH]n1. The number of hydrogen-bond donors (Lipinski definition) is 2. The third-order valence-electron chi connectivity index (χ3n) is 4.83. The highest BCUT2D eigenvalue weighted by Crippen LogP contribution is 2.31. The molecule has 0 amide bonds. The highest BCUT2D eigenvalue weighted by Gasteiger charge is 2.12. The molecule has 0 bridgehead atoms. The van der Waals surface area contributed by atoms with Gasteiger partial charge in [-0.2, -0.15) is 0 Å². The first-order valence-electron chi connectivity index (χ1n) is 8.63. The lowest BCUT2D eigenvalue weighted by molar-refractivity contribution is 0.452. The van der Waals surface area contributed by atoms with Crippen LogP contribution in [0.2, 0.25) is 5.02 Å². The molecule has 6 heteroatoms. The van der Waals surface area contributed by atoms with E-state index in [4.69, 9.17) is 11.6 Å². The second-order valence-electron chi connectivity index (χ2n) is 6.63. The number of aromatic nitrogens is 3. The van der Waals surface area contributed by atoms with Crippen molar-refractivity contribution in [1.29, 1.82) is 0 Å². The number of fused-ring (bicyclic) bond motifs is 2. The number of halogens is 1. The van der Waals surface area contributed by atoms with Gasteiger partial charge in [0.1, 0.15) is 0 Å². The summed E-state index contributed by atoms with van der Waals surface area (Å²) in [6, 6.07) is 16.1. The number of rotatable bonds is 4. The minimum absolute atomic E-state index is 0.0235. The summed E-state index contributed by atoms with van der Waals surface area (Å²) < 4.78 is 3.53. The Hall–Kier alpha value is -2.76. The highest BCUT2D eigenvalue weighted by molar-refractivity contribution is 7.17. The minimum Gasteiger partial charge on any atom is -0.492 e. The fourth-order valence-electron chi connectivity index (χ4n) is 3.60. The van der Waals surface area contributed by atoms with Crippen molar-refractivity contribution in [3.8, 4) is 5.88 Å². The van der Waals surface area contributed by atoms with Crippen LogP contribution in [0.5, 0.6) is 5.88 Å². The zero-order chi connectivity index (χ0) is 18.4. The Morgan fingerprint density at radius 3 is 2.81 bits per heavy atom. The third-order valence-corrected chi connectivity index (χ3v) is 6.07. The van der Waals surface area contributed by atoms with Crippen LogP contribution in [0.4, 0.5) is 0 Å². The number of aromatic hydroxyl groups is 1. The molecule has 134 valence electrons. The van der Waals surface area contributed by atoms with E-state index in [9.17, 15) is 5.11 Å². The topological polar surface area (TPSA) is 53.8 Å². The molecule has 0 aliphatic heterocycles. The molecule has 0 aliphatic rings. The van der Waals surface area contributed by atoms with Crippen LogP contribution in [-0.2, 0) is 13.0 Å². The van der Waals surface area contributed by atoms with Gasteiger partial charge in [-0.3, -0.25) is 5.10 Å². The number of para-hydroxylation sites is 1. The van der Waals surface area contributed by atoms with Gasteiger partial charge in [0.05, 0.1) is 0 Å². The van der Waals surface area contributed by atoms with Crippen molar-refractivity contribution in [2.45, 2.75) is 13.0 Å². The van der Waals surface area contributed by atoms with E-state index < -0.39 is 0 Å². The summed E-state index contributed by atoms with van der Waals surface area (Å²) in [6.07, 6.45) is 2.88. The van der Waals surface area contributed by atoms with Gasteiger partial charge in [0, 0.05) is 51.5 Å². The van der Waals surface area contributed by atoms with Crippen molar-refractivity contribution in [2.24, 2.45) is 0 Å². The quantitative estimate of drug-likeness (QED) is 0.419. The van der Waals surface area contributed by atoms with E-state index in [1.54, 1.807) is 17.4 Å². The maximum atomic E-state index is 9.49. The lowest BCUT2D eigenvalue weighted by Crippen LogP contribution is -1.97. The van der Waals surface area contributed by atoms with Crippen LogP contribution in [0.15, 0.2) is 60.1 Å². The first-order valence-corrected chi connectivity index (χ1v) is 9.89. The lowest BCUT2D eigenvalue weighted by atomic mass is 10.1. The molecule has 5 aromatic rings. The molecule has 27 heavy (non-hydrogen) atoms. The summed E-state index contributed by atoms with van der Waals surface area (Å²) in [6.45, 7) is 0.787. The fraction of sp³-hybridized carbons (Fsp3) is 0.0952. The molecule has 2 N–H and O–H groups in total. The number of H-pyrrole nitrogens is 1. The third kappa shape index (κ3) is 2.99. The maximum absolute atomic E-state index is 9.49. The smallest absolute Gasteiger partial charge is 0.230 e. The van der Waals surface area contributed by atoms with E-state index in [1.807, 2.05) is 12.1 Å². The molecule has 0 spiro atoms. The van der Waals surface area contributed by atoms with Gasteiger partial charge in [-0.1, -0.05) is 29.8 Å². The van der Waals surface area contributed by atoms with Crippen molar-refractivity contribution in [3.63, 3.8) is 0 Å². The minimum atomic E-state index is 0.0235. The predicted molar refractivity (Wildman–Crippen MR) is 111 cm³/mol. The van der Waals surface area contributed by atoms with Crippen LogP contribution in [0.3, 0.4) is 0 Å². The number of nitrogens with one attached hydrogen (secondary N) is 1. The van der Waals surface area contributed by atoms with Crippen molar-refractivity contribution in [3.05, 3.63) is 82.0 Å². The summed E-state index contributed by atoms with van der Waals surface area (Å²) >= 11 is 7.96. The maximum Gasteiger partial charge on any atom is 0.230 e. The number of benzene rings is 2. The van der Waals surface area contributed by atoms with E-state index in [-0.39, 0.29) is 5.88 Å². The van der Waals surface area contributed by atoms with E-state index >= 15 is 0 Å². The average molecular weight is 394 g/mol. The summed E-state index contributed by atoms with van der Waals surface area (Å²) in [5, 5.41) is 21.6. The molecule has 3 heterocycles. The molecular weight excluding hydrogens is 378 g/mol. The Morgan fingerprint density at radius 2 is 1.96 bits per heavy atom. The van der Waals surface area contributed by atoms with E-state index in [1.165, 1.54) is 32.1 Å². The first kappa shape index (κ1) is 16.4. The van der Waals surface area contributed by atoms with Gasteiger partial charge in [0.2, 0.25) is 5.88 Å². The summed E-state index contributed by atoms with van der Waals surface area (Å²) in [5.41, 5.74) is 4.55. The molecule has 5 rings (SSSR count). The molecule has 0 fully saturated rings. The van der Waals surface area contributed by atoms with Crippen LogP contribution in [0.1, 0.15) is 16.8 Å². The molecule has 0 radical (unpaired) electrons. The molecule has 0 saturated heterocycles. The van der Waals surface area contributed by atoms with Crippen LogP contribution in [0, 0.1) is 0 Å². The zero-order valence-electron chi connectivity index (χ0n) is 14.3. The molecule has 0 aliphatic carbocycles. The molecule has 4 nitrogen and oxygen atoms in total. The van der Waals surface area contributed by atoms with Crippen LogP contribution >= 0.6 is 22.9 Å². The second-order valence-corrected chi connectivity index (χ2v) is 7.98. The molecule has 0 atom stereocenters. The molecule has 0 saturated carbocycles. The molecule has 0 unspecified atom stereocenters. The Bertz CT molecular complexity index is 1270. The van der Waals surface area contributed by atoms with E-state index in [0.717, 1.165) is 17.3 Å². The normalized spacial score (nSPS) is 11.6. The Balaban J connectivity index is 1.57. The number of aromatic amines is 1.